The first-order chi connectivity index (χ1) is 7.07. The number of rotatable bonds is 3. The highest BCUT2D eigenvalue weighted by molar-refractivity contribution is 6.34. The SMILES string of the molecule is CCOC(=O)c1cccc(Cl)c1C(=O)O. The van der Waals surface area contributed by atoms with Gasteiger partial charge in [0.05, 0.1) is 22.8 Å². The Morgan fingerprint density at radius 1 is 1.47 bits per heavy atom. The van der Waals surface area contributed by atoms with Gasteiger partial charge in [-0.15, -0.1) is 0 Å². The van der Waals surface area contributed by atoms with E-state index >= 15 is 0 Å². The summed E-state index contributed by atoms with van der Waals surface area (Å²) in [5.41, 5.74) is -0.255. The summed E-state index contributed by atoms with van der Waals surface area (Å²) in [6.45, 7) is 1.83. The Balaban J connectivity index is 3.23. The van der Waals surface area contributed by atoms with Gasteiger partial charge in [-0.1, -0.05) is 17.7 Å². The van der Waals surface area contributed by atoms with Gasteiger partial charge in [-0.05, 0) is 19.1 Å². The van der Waals surface area contributed by atoms with Crippen molar-refractivity contribution in [2.75, 3.05) is 6.61 Å². The fourth-order valence-electron chi connectivity index (χ4n) is 1.12. The van der Waals surface area contributed by atoms with Crippen LogP contribution in [-0.4, -0.2) is 23.7 Å². The Morgan fingerprint density at radius 2 is 2.13 bits per heavy atom. The molecule has 1 aromatic rings. The topological polar surface area (TPSA) is 63.6 Å². The molecule has 80 valence electrons. The molecule has 0 aliphatic carbocycles. The van der Waals surface area contributed by atoms with Crippen LogP contribution in [0.4, 0.5) is 0 Å². The smallest absolute Gasteiger partial charge is 0.339 e. The van der Waals surface area contributed by atoms with Gasteiger partial charge in [0, 0.05) is 0 Å². The van der Waals surface area contributed by atoms with E-state index in [9.17, 15) is 9.59 Å². The lowest BCUT2D eigenvalue weighted by atomic mass is 10.1. The number of ether oxygens (including phenoxy) is 1. The van der Waals surface area contributed by atoms with Crippen molar-refractivity contribution in [1.82, 2.24) is 0 Å². The summed E-state index contributed by atoms with van der Waals surface area (Å²) in [7, 11) is 0. The van der Waals surface area contributed by atoms with Gasteiger partial charge in [0.1, 0.15) is 0 Å². The maximum absolute atomic E-state index is 11.4. The Morgan fingerprint density at radius 3 is 2.67 bits per heavy atom. The zero-order valence-corrected chi connectivity index (χ0v) is 8.75. The van der Waals surface area contributed by atoms with Gasteiger partial charge < -0.3 is 9.84 Å². The maximum Gasteiger partial charge on any atom is 0.339 e. The van der Waals surface area contributed by atoms with Gasteiger partial charge in [-0.25, -0.2) is 9.59 Å². The number of hydrogen-bond acceptors (Lipinski definition) is 3. The van der Waals surface area contributed by atoms with Crippen molar-refractivity contribution >= 4 is 23.5 Å². The highest BCUT2D eigenvalue weighted by Gasteiger charge is 2.20. The predicted octanol–water partition coefficient (Wildman–Crippen LogP) is 2.21. The lowest BCUT2D eigenvalue weighted by Crippen LogP contribution is -2.12. The molecule has 0 saturated heterocycles. The van der Waals surface area contributed by atoms with E-state index in [4.69, 9.17) is 21.4 Å². The van der Waals surface area contributed by atoms with Gasteiger partial charge in [-0.3, -0.25) is 0 Å². The van der Waals surface area contributed by atoms with Crippen molar-refractivity contribution in [3.05, 3.63) is 34.3 Å². The molecule has 0 unspecified atom stereocenters. The Labute approximate surface area is 91.4 Å². The molecule has 4 nitrogen and oxygen atoms in total. The average Bonchev–Trinajstić information content (AvgIpc) is 2.17. The molecule has 0 atom stereocenters. The summed E-state index contributed by atoms with van der Waals surface area (Å²) in [5, 5.41) is 8.89. The molecule has 1 rings (SSSR count). The molecule has 0 fully saturated rings. The van der Waals surface area contributed by atoms with Crippen LogP contribution in [0.15, 0.2) is 18.2 Å². The molecule has 0 aliphatic heterocycles. The van der Waals surface area contributed by atoms with E-state index in [-0.39, 0.29) is 22.8 Å². The summed E-state index contributed by atoms with van der Waals surface area (Å²) in [4.78, 5) is 22.2. The van der Waals surface area contributed by atoms with E-state index in [0.29, 0.717) is 0 Å². The molecule has 0 amide bonds. The summed E-state index contributed by atoms with van der Waals surface area (Å²) >= 11 is 5.68. The third-order valence-electron chi connectivity index (χ3n) is 1.72. The third kappa shape index (κ3) is 2.47. The molecule has 0 saturated carbocycles. The molecule has 0 bridgehead atoms. The summed E-state index contributed by atoms with van der Waals surface area (Å²) < 4.78 is 4.71. The molecule has 0 aromatic heterocycles. The Hall–Kier alpha value is -1.55. The zero-order chi connectivity index (χ0) is 11.4. The number of halogens is 1. The molecule has 1 N–H and O–H groups in total. The van der Waals surface area contributed by atoms with E-state index in [0.717, 1.165) is 0 Å². The van der Waals surface area contributed by atoms with Crippen LogP contribution in [-0.2, 0) is 4.74 Å². The predicted molar refractivity (Wildman–Crippen MR) is 54.4 cm³/mol. The number of carboxylic acid groups (broad SMARTS) is 1. The van der Waals surface area contributed by atoms with Crippen molar-refractivity contribution in [2.24, 2.45) is 0 Å². The molecular formula is C10H9ClO4. The second-order valence-corrected chi connectivity index (χ2v) is 3.10. The highest BCUT2D eigenvalue weighted by atomic mass is 35.5. The van der Waals surface area contributed by atoms with E-state index < -0.39 is 11.9 Å². The number of aromatic carboxylic acids is 1. The van der Waals surface area contributed by atoms with Gasteiger partial charge in [-0.2, -0.15) is 0 Å². The first-order valence-corrected chi connectivity index (χ1v) is 4.64. The molecular weight excluding hydrogens is 220 g/mol. The lowest BCUT2D eigenvalue weighted by Gasteiger charge is -2.06. The summed E-state index contributed by atoms with van der Waals surface area (Å²) in [5.74, 6) is -1.93. The molecule has 0 radical (unpaired) electrons. The van der Waals surface area contributed by atoms with E-state index in [1.54, 1.807) is 6.92 Å². The third-order valence-corrected chi connectivity index (χ3v) is 2.04. The van der Waals surface area contributed by atoms with Crippen LogP contribution in [0, 0.1) is 0 Å². The van der Waals surface area contributed by atoms with Crippen LogP contribution in [0.25, 0.3) is 0 Å². The zero-order valence-electron chi connectivity index (χ0n) is 7.99. The van der Waals surface area contributed by atoms with Crippen molar-refractivity contribution in [2.45, 2.75) is 6.92 Å². The number of carbonyl (C=O) groups is 2. The first-order valence-electron chi connectivity index (χ1n) is 4.26. The highest BCUT2D eigenvalue weighted by Crippen LogP contribution is 2.20. The normalized spacial score (nSPS) is 9.73. The van der Waals surface area contributed by atoms with Crippen molar-refractivity contribution in [3.63, 3.8) is 0 Å². The number of carboxylic acids is 1. The van der Waals surface area contributed by atoms with E-state index in [2.05, 4.69) is 0 Å². The van der Waals surface area contributed by atoms with E-state index in [1.165, 1.54) is 18.2 Å². The molecule has 5 heteroatoms. The number of benzene rings is 1. The fourth-order valence-corrected chi connectivity index (χ4v) is 1.38. The quantitative estimate of drug-likeness (QED) is 0.806. The minimum absolute atomic E-state index is 0.0213. The maximum atomic E-state index is 11.4. The van der Waals surface area contributed by atoms with Gasteiger partial charge in [0.25, 0.3) is 0 Å². The molecule has 0 aliphatic rings. The van der Waals surface area contributed by atoms with Crippen molar-refractivity contribution < 1.29 is 19.4 Å². The molecule has 0 spiro atoms. The lowest BCUT2D eigenvalue weighted by molar-refractivity contribution is 0.0514. The van der Waals surface area contributed by atoms with Crippen LogP contribution in [0.5, 0.6) is 0 Å². The summed E-state index contributed by atoms with van der Waals surface area (Å²) in [6, 6.07) is 4.28. The number of esters is 1. The van der Waals surface area contributed by atoms with Gasteiger partial charge in [0.15, 0.2) is 0 Å². The second kappa shape index (κ2) is 4.79. The Bertz CT molecular complexity index is 400. The van der Waals surface area contributed by atoms with Crippen LogP contribution in [0.2, 0.25) is 5.02 Å². The van der Waals surface area contributed by atoms with Crippen molar-refractivity contribution in [1.29, 1.82) is 0 Å². The standard InChI is InChI=1S/C10H9ClO4/c1-2-15-10(14)6-4-3-5-7(11)8(6)9(12)13/h3-5H,2H2,1H3,(H,12,13). The molecule has 1 aromatic carbocycles. The van der Waals surface area contributed by atoms with Gasteiger partial charge in [0.2, 0.25) is 0 Å². The summed E-state index contributed by atoms with van der Waals surface area (Å²) in [6.07, 6.45) is 0. The van der Waals surface area contributed by atoms with Crippen LogP contribution in [0.3, 0.4) is 0 Å². The average molecular weight is 229 g/mol. The van der Waals surface area contributed by atoms with Crippen molar-refractivity contribution in [3.8, 4) is 0 Å². The minimum Gasteiger partial charge on any atom is -0.478 e. The number of carbonyl (C=O) groups excluding carboxylic acids is 1. The first kappa shape index (κ1) is 11.5. The Kier molecular flexibility index (Phi) is 3.68. The van der Waals surface area contributed by atoms with Crippen LogP contribution in [0.1, 0.15) is 27.6 Å². The number of hydrogen-bond donors (Lipinski definition) is 1. The van der Waals surface area contributed by atoms with Crippen LogP contribution < -0.4 is 0 Å². The molecule has 0 heterocycles. The fraction of sp³-hybridized carbons (Fsp3) is 0.200. The van der Waals surface area contributed by atoms with E-state index in [1.807, 2.05) is 0 Å². The van der Waals surface area contributed by atoms with Gasteiger partial charge >= 0.3 is 11.9 Å². The molecule has 15 heavy (non-hydrogen) atoms. The monoisotopic (exact) mass is 228 g/mol. The van der Waals surface area contributed by atoms with Crippen LogP contribution >= 0.6 is 11.6 Å². The minimum atomic E-state index is -1.25. The second-order valence-electron chi connectivity index (χ2n) is 2.69. The largest absolute Gasteiger partial charge is 0.478 e.